The monoisotopic (exact) mass is 244 g/mol. The van der Waals surface area contributed by atoms with Crippen molar-refractivity contribution in [1.82, 2.24) is 10.3 Å². The molecule has 0 saturated heterocycles. The number of pyridine rings is 1. The van der Waals surface area contributed by atoms with Crippen LogP contribution in [0.2, 0.25) is 0 Å². The Kier molecular flexibility index (Phi) is 3.64. The lowest BCUT2D eigenvalue weighted by Gasteiger charge is -2.23. The summed E-state index contributed by atoms with van der Waals surface area (Å²) in [5, 5.41) is 13.7. The van der Waals surface area contributed by atoms with Gasteiger partial charge in [0.05, 0.1) is 12.1 Å². The van der Waals surface area contributed by atoms with Gasteiger partial charge in [0.2, 0.25) is 0 Å². The zero-order valence-corrected chi connectivity index (χ0v) is 11.2. The van der Waals surface area contributed by atoms with Gasteiger partial charge in [0.25, 0.3) is 0 Å². The molecule has 0 fully saturated rings. The lowest BCUT2D eigenvalue weighted by atomic mass is 10.1. The van der Waals surface area contributed by atoms with E-state index in [9.17, 15) is 5.11 Å². The topological polar surface area (TPSA) is 45.2 Å². The van der Waals surface area contributed by atoms with E-state index in [4.69, 9.17) is 0 Å². The number of aryl methyl sites for hydroxylation is 1. The first-order valence-electron chi connectivity index (χ1n) is 6.21. The van der Waals surface area contributed by atoms with Gasteiger partial charge in [-0.25, -0.2) is 0 Å². The number of rotatable bonds is 4. The first-order valence-corrected chi connectivity index (χ1v) is 6.21. The van der Waals surface area contributed by atoms with Crippen LogP contribution in [0.3, 0.4) is 0 Å². The maximum atomic E-state index is 9.20. The van der Waals surface area contributed by atoms with Crippen molar-refractivity contribution < 1.29 is 5.11 Å². The number of nitrogens with one attached hydrogen (secondary N) is 1. The zero-order chi connectivity index (χ0) is 13.2. The average Bonchev–Trinajstić information content (AvgIpc) is 2.36. The highest BCUT2D eigenvalue weighted by Gasteiger charge is 2.14. The van der Waals surface area contributed by atoms with Crippen molar-refractivity contribution in [2.75, 3.05) is 6.61 Å². The second-order valence-corrected chi connectivity index (χ2v) is 5.44. The van der Waals surface area contributed by atoms with Crippen molar-refractivity contribution in [3.63, 3.8) is 0 Å². The Bertz CT molecular complexity index is 549. The molecule has 0 bridgehead atoms. The largest absolute Gasteiger partial charge is 0.394 e. The maximum absolute atomic E-state index is 9.20. The van der Waals surface area contributed by atoms with E-state index in [0.29, 0.717) is 6.54 Å². The molecule has 0 amide bonds. The molecule has 2 aromatic rings. The highest BCUT2D eigenvalue weighted by Crippen LogP contribution is 2.15. The van der Waals surface area contributed by atoms with Gasteiger partial charge in [-0.3, -0.25) is 4.98 Å². The molecule has 0 aliphatic rings. The van der Waals surface area contributed by atoms with E-state index in [1.807, 2.05) is 26.1 Å². The molecule has 3 heteroatoms. The van der Waals surface area contributed by atoms with Crippen molar-refractivity contribution in [2.24, 2.45) is 0 Å². The highest BCUT2D eigenvalue weighted by atomic mass is 16.3. The molecular weight excluding hydrogens is 224 g/mol. The summed E-state index contributed by atoms with van der Waals surface area (Å²) in [5.74, 6) is 0. The van der Waals surface area contributed by atoms with Crippen molar-refractivity contribution in [3.8, 4) is 0 Å². The predicted octanol–water partition coefficient (Wildman–Crippen LogP) is 2.40. The van der Waals surface area contributed by atoms with E-state index in [-0.39, 0.29) is 12.1 Å². The van der Waals surface area contributed by atoms with Gasteiger partial charge < -0.3 is 10.4 Å². The van der Waals surface area contributed by atoms with Gasteiger partial charge in [-0.15, -0.1) is 0 Å². The summed E-state index contributed by atoms with van der Waals surface area (Å²) in [5.41, 5.74) is 3.13. The van der Waals surface area contributed by atoms with Gasteiger partial charge in [0.1, 0.15) is 0 Å². The number of hydrogen-bond acceptors (Lipinski definition) is 3. The lowest BCUT2D eigenvalue weighted by Crippen LogP contribution is -2.42. The molecule has 0 saturated carbocycles. The minimum Gasteiger partial charge on any atom is -0.394 e. The summed E-state index contributed by atoms with van der Waals surface area (Å²) >= 11 is 0. The summed E-state index contributed by atoms with van der Waals surface area (Å²) in [4.78, 5) is 4.45. The molecule has 1 aromatic heterocycles. The Hall–Kier alpha value is -1.45. The molecule has 2 rings (SSSR count). The molecule has 1 aromatic carbocycles. The van der Waals surface area contributed by atoms with E-state index < -0.39 is 0 Å². The van der Waals surface area contributed by atoms with E-state index in [1.54, 1.807) is 0 Å². The van der Waals surface area contributed by atoms with E-state index >= 15 is 0 Å². The molecule has 0 aliphatic carbocycles. The van der Waals surface area contributed by atoms with Crippen LogP contribution in [0.15, 0.2) is 30.5 Å². The number of nitrogens with zero attached hydrogens (tertiary/aromatic N) is 1. The third-order valence-electron chi connectivity index (χ3n) is 3.06. The van der Waals surface area contributed by atoms with E-state index in [1.165, 1.54) is 5.56 Å². The van der Waals surface area contributed by atoms with Crippen molar-refractivity contribution in [2.45, 2.75) is 32.9 Å². The third kappa shape index (κ3) is 3.06. The molecule has 0 atom stereocenters. The number of aliphatic hydroxyl groups excluding tert-OH is 1. The molecule has 0 unspecified atom stereocenters. The van der Waals surface area contributed by atoms with Gasteiger partial charge in [0, 0.05) is 23.7 Å². The van der Waals surface area contributed by atoms with E-state index in [2.05, 4.69) is 35.4 Å². The van der Waals surface area contributed by atoms with Crippen LogP contribution in [0.4, 0.5) is 0 Å². The predicted molar refractivity (Wildman–Crippen MR) is 74.5 cm³/mol. The minimum atomic E-state index is -0.262. The Morgan fingerprint density at radius 1 is 1.28 bits per heavy atom. The summed E-state index contributed by atoms with van der Waals surface area (Å²) < 4.78 is 0. The normalized spacial score (nSPS) is 12.0. The second kappa shape index (κ2) is 5.04. The van der Waals surface area contributed by atoms with Crippen LogP contribution in [-0.2, 0) is 6.54 Å². The highest BCUT2D eigenvalue weighted by molar-refractivity contribution is 5.79. The average molecular weight is 244 g/mol. The van der Waals surface area contributed by atoms with Gasteiger partial charge in [-0.1, -0.05) is 11.6 Å². The van der Waals surface area contributed by atoms with Gasteiger partial charge in [0.15, 0.2) is 0 Å². The van der Waals surface area contributed by atoms with Crippen molar-refractivity contribution >= 4 is 10.9 Å². The van der Waals surface area contributed by atoms with Crippen LogP contribution < -0.4 is 5.32 Å². The minimum absolute atomic E-state index is 0.118. The van der Waals surface area contributed by atoms with Crippen molar-refractivity contribution in [3.05, 3.63) is 41.6 Å². The molecule has 0 radical (unpaired) electrons. The maximum Gasteiger partial charge on any atom is 0.0702 e. The van der Waals surface area contributed by atoms with E-state index in [0.717, 1.165) is 16.5 Å². The fourth-order valence-electron chi connectivity index (χ4n) is 1.79. The molecule has 2 N–H and O–H groups in total. The summed E-state index contributed by atoms with van der Waals surface area (Å²) in [6, 6.07) is 8.40. The molecule has 0 spiro atoms. The smallest absolute Gasteiger partial charge is 0.0702 e. The SMILES string of the molecule is Cc1ccc2ncc(CNC(C)(C)CO)cc2c1. The summed E-state index contributed by atoms with van der Waals surface area (Å²) in [7, 11) is 0. The van der Waals surface area contributed by atoms with Gasteiger partial charge >= 0.3 is 0 Å². The Morgan fingerprint density at radius 3 is 2.78 bits per heavy atom. The van der Waals surface area contributed by atoms with Crippen LogP contribution in [0, 0.1) is 6.92 Å². The Labute approximate surface area is 108 Å². The fourth-order valence-corrected chi connectivity index (χ4v) is 1.79. The number of aromatic nitrogens is 1. The quantitative estimate of drug-likeness (QED) is 0.868. The molecule has 3 nitrogen and oxygen atoms in total. The number of hydrogen-bond donors (Lipinski definition) is 2. The standard InChI is InChI=1S/C15H20N2O/c1-11-4-5-14-13(6-11)7-12(8-16-14)9-17-15(2,3)10-18/h4-8,17-18H,9-10H2,1-3H3. The summed E-state index contributed by atoms with van der Waals surface area (Å²) in [6.45, 7) is 6.87. The number of fused-ring (bicyclic) bond motifs is 1. The molecule has 0 aliphatic heterocycles. The molecule has 1 heterocycles. The van der Waals surface area contributed by atoms with Gasteiger partial charge in [-0.2, -0.15) is 0 Å². The van der Waals surface area contributed by atoms with Crippen LogP contribution in [0.5, 0.6) is 0 Å². The van der Waals surface area contributed by atoms with Crippen LogP contribution in [0.25, 0.3) is 10.9 Å². The first-order chi connectivity index (χ1) is 8.50. The number of aliphatic hydroxyl groups is 1. The van der Waals surface area contributed by atoms with Crippen LogP contribution >= 0.6 is 0 Å². The van der Waals surface area contributed by atoms with Crippen LogP contribution in [-0.4, -0.2) is 22.2 Å². The third-order valence-corrected chi connectivity index (χ3v) is 3.06. The fraction of sp³-hybridized carbons (Fsp3) is 0.400. The van der Waals surface area contributed by atoms with Crippen LogP contribution in [0.1, 0.15) is 25.0 Å². The van der Waals surface area contributed by atoms with Crippen molar-refractivity contribution in [1.29, 1.82) is 0 Å². The lowest BCUT2D eigenvalue weighted by molar-refractivity contribution is 0.187. The molecular formula is C15H20N2O. The molecule has 96 valence electrons. The molecule has 18 heavy (non-hydrogen) atoms. The summed E-state index contributed by atoms with van der Waals surface area (Å²) in [6.07, 6.45) is 1.89. The Morgan fingerprint density at radius 2 is 2.06 bits per heavy atom. The second-order valence-electron chi connectivity index (χ2n) is 5.44. The number of benzene rings is 1. The Balaban J connectivity index is 2.19. The van der Waals surface area contributed by atoms with Gasteiger partial charge in [-0.05, 0) is 44.5 Å². The zero-order valence-electron chi connectivity index (χ0n) is 11.2. The first kappa shape index (κ1) is 13.0.